The average molecular weight is 336 g/mol. The molecule has 2 aromatic heterocycles. The molecule has 1 N–H and O–H groups in total. The van der Waals surface area contributed by atoms with Gasteiger partial charge in [0.25, 0.3) is 0 Å². The molecule has 2 heterocycles. The molecule has 0 aliphatic rings. The molecule has 3 aromatic rings. The van der Waals surface area contributed by atoms with Crippen molar-refractivity contribution in [3.05, 3.63) is 54.5 Å². The van der Waals surface area contributed by atoms with Crippen LogP contribution < -0.4 is 0 Å². The predicted octanol–water partition coefficient (Wildman–Crippen LogP) is 3.73. The zero-order chi connectivity index (χ0) is 17.6. The summed E-state index contributed by atoms with van der Waals surface area (Å²) in [6.45, 7) is 4.62. The van der Waals surface area contributed by atoms with Crippen molar-refractivity contribution in [1.82, 2.24) is 19.7 Å². The maximum atomic E-state index is 9.77. The third kappa shape index (κ3) is 4.31. The van der Waals surface area contributed by atoms with Gasteiger partial charge >= 0.3 is 0 Å². The van der Waals surface area contributed by atoms with Gasteiger partial charge in [0.2, 0.25) is 0 Å². The molecule has 0 amide bonds. The molecule has 0 aliphatic carbocycles. The topological polar surface area (TPSA) is 63.8 Å². The van der Waals surface area contributed by atoms with Gasteiger partial charge in [-0.3, -0.25) is 4.68 Å². The highest BCUT2D eigenvalue weighted by molar-refractivity contribution is 5.67. The van der Waals surface area contributed by atoms with Crippen molar-refractivity contribution in [3.8, 4) is 22.6 Å². The number of hydrogen-bond acceptors (Lipinski definition) is 4. The number of aliphatic hydroxyl groups is 1. The lowest BCUT2D eigenvalue weighted by Crippen LogP contribution is -2.14. The van der Waals surface area contributed by atoms with E-state index in [2.05, 4.69) is 28.1 Å². The largest absolute Gasteiger partial charge is 0.391 e. The van der Waals surface area contributed by atoms with Crippen LogP contribution in [0, 0.1) is 0 Å². The first-order chi connectivity index (χ1) is 12.2. The van der Waals surface area contributed by atoms with E-state index in [1.807, 2.05) is 49.8 Å². The molecule has 0 saturated carbocycles. The minimum Gasteiger partial charge on any atom is -0.391 e. The van der Waals surface area contributed by atoms with Crippen LogP contribution in [-0.4, -0.2) is 31.0 Å². The number of rotatable bonds is 7. The first-order valence-corrected chi connectivity index (χ1v) is 8.82. The van der Waals surface area contributed by atoms with E-state index in [0.717, 1.165) is 47.5 Å². The van der Waals surface area contributed by atoms with Gasteiger partial charge in [0.1, 0.15) is 0 Å². The maximum Gasteiger partial charge on any atom is 0.159 e. The van der Waals surface area contributed by atoms with Crippen LogP contribution in [0.2, 0.25) is 0 Å². The number of hydrogen-bond donors (Lipinski definition) is 1. The van der Waals surface area contributed by atoms with E-state index in [9.17, 15) is 5.11 Å². The Bertz CT molecular complexity index is 811. The minimum absolute atomic E-state index is 0.367. The van der Waals surface area contributed by atoms with Crippen LogP contribution in [0.1, 0.15) is 32.3 Å². The Labute approximate surface area is 148 Å². The summed E-state index contributed by atoms with van der Waals surface area (Å²) in [5.74, 6) is 0.725. The number of aromatic nitrogens is 4. The van der Waals surface area contributed by atoms with Crippen molar-refractivity contribution < 1.29 is 5.11 Å². The molecule has 130 valence electrons. The summed E-state index contributed by atoms with van der Waals surface area (Å²) in [7, 11) is 0. The summed E-state index contributed by atoms with van der Waals surface area (Å²) in [5, 5.41) is 14.3. The summed E-state index contributed by atoms with van der Waals surface area (Å²) < 4.78 is 1.78. The Hall–Kier alpha value is -2.53. The van der Waals surface area contributed by atoms with Gasteiger partial charge in [-0.2, -0.15) is 5.10 Å². The average Bonchev–Trinajstić information content (AvgIpc) is 3.11. The predicted molar refractivity (Wildman–Crippen MR) is 99.0 cm³/mol. The molecule has 0 spiro atoms. The van der Waals surface area contributed by atoms with Crippen molar-refractivity contribution in [1.29, 1.82) is 0 Å². The Morgan fingerprint density at radius 3 is 2.56 bits per heavy atom. The molecule has 0 fully saturated rings. The van der Waals surface area contributed by atoms with E-state index in [4.69, 9.17) is 0 Å². The Balaban J connectivity index is 1.81. The van der Waals surface area contributed by atoms with Gasteiger partial charge in [0.15, 0.2) is 5.82 Å². The third-order valence-electron chi connectivity index (χ3n) is 4.17. The molecule has 5 heteroatoms. The monoisotopic (exact) mass is 336 g/mol. The second kappa shape index (κ2) is 8.03. The van der Waals surface area contributed by atoms with Crippen molar-refractivity contribution in [3.63, 3.8) is 0 Å². The summed E-state index contributed by atoms with van der Waals surface area (Å²) in [6, 6.07) is 10.0. The first-order valence-electron chi connectivity index (χ1n) is 8.82. The fourth-order valence-corrected chi connectivity index (χ4v) is 2.70. The van der Waals surface area contributed by atoms with Gasteiger partial charge in [-0.25, -0.2) is 9.97 Å². The second-order valence-corrected chi connectivity index (χ2v) is 6.23. The number of aryl methyl sites for hydroxylation is 1. The summed E-state index contributed by atoms with van der Waals surface area (Å²) in [5.41, 5.74) is 4.04. The van der Waals surface area contributed by atoms with Gasteiger partial charge in [-0.1, -0.05) is 38.5 Å². The molecule has 1 aromatic carbocycles. The molecule has 0 radical (unpaired) electrons. The van der Waals surface area contributed by atoms with E-state index in [1.165, 1.54) is 0 Å². The van der Waals surface area contributed by atoms with Gasteiger partial charge in [-0.15, -0.1) is 0 Å². The third-order valence-corrected chi connectivity index (χ3v) is 4.17. The Morgan fingerprint density at radius 1 is 1.08 bits per heavy atom. The van der Waals surface area contributed by atoms with E-state index < -0.39 is 0 Å². The van der Waals surface area contributed by atoms with E-state index in [1.54, 1.807) is 4.68 Å². The van der Waals surface area contributed by atoms with E-state index in [-0.39, 0.29) is 6.10 Å². The standard InChI is InChI=1S/C20H24N4O/c1-3-6-15-12-21-20(22-13-15)17-8-5-7-16(11-17)19-9-10-24(23-19)14-18(25)4-2/h5,7-13,18,25H,3-4,6,14H2,1-2H3. The smallest absolute Gasteiger partial charge is 0.159 e. The van der Waals surface area contributed by atoms with Crippen LogP contribution in [0.25, 0.3) is 22.6 Å². The van der Waals surface area contributed by atoms with Gasteiger partial charge in [0, 0.05) is 29.7 Å². The molecular formula is C20H24N4O. The summed E-state index contributed by atoms with van der Waals surface area (Å²) in [6.07, 6.45) is 8.15. The highest BCUT2D eigenvalue weighted by atomic mass is 16.3. The molecular weight excluding hydrogens is 312 g/mol. The fraction of sp³-hybridized carbons (Fsp3) is 0.350. The van der Waals surface area contributed by atoms with Crippen LogP contribution in [0.5, 0.6) is 0 Å². The van der Waals surface area contributed by atoms with Gasteiger partial charge in [-0.05, 0) is 30.5 Å². The first kappa shape index (κ1) is 17.3. The van der Waals surface area contributed by atoms with Crippen LogP contribution >= 0.6 is 0 Å². The van der Waals surface area contributed by atoms with Crippen molar-refractivity contribution in [2.45, 2.75) is 45.8 Å². The molecule has 5 nitrogen and oxygen atoms in total. The van der Waals surface area contributed by atoms with E-state index in [0.29, 0.717) is 6.54 Å². The zero-order valence-corrected chi connectivity index (χ0v) is 14.8. The number of benzene rings is 1. The Morgan fingerprint density at radius 2 is 1.84 bits per heavy atom. The van der Waals surface area contributed by atoms with Crippen LogP contribution in [0.3, 0.4) is 0 Å². The van der Waals surface area contributed by atoms with Crippen LogP contribution in [-0.2, 0) is 13.0 Å². The SMILES string of the molecule is CCCc1cnc(-c2cccc(-c3ccn(CC(O)CC)n3)c2)nc1. The molecule has 0 bridgehead atoms. The van der Waals surface area contributed by atoms with Crippen LogP contribution in [0.15, 0.2) is 48.9 Å². The highest BCUT2D eigenvalue weighted by Gasteiger charge is 2.08. The van der Waals surface area contributed by atoms with Gasteiger partial charge in [0.05, 0.1) is 18.3 Å². The van der Waals surface area contributed by atoms with E-state index >= 15 is 0 Å². The molecule has 0 aliphatic heterocycles. The second-order valence-electron chi connectivity index (χ2n) is 6.23. The zero-order valence-electron chi connectivity index (χ0n) is 14.8. The number of nitrogens with zero attached hydrogens (tertiary/aromatic N) is 4. The normalized spacial score (nSPS) is 12.3. The summed E-state index contributed by atoms with van der Waals surface area (Å²) >= 11 is 0. The lowest BCUT2D eigenvalue weighted by atomic mass is 10.1. The molecule has 0 saturated heterocycles. The molecule has 1 unspecified atom stereocenters. The maximum absolute atomic E-state index is 9.77. The van der Waals surface area contributed by atoms with Gasteiger partial charge < -0.3 is 5.11 Å². The lowest BCUT2D eigenvalue weighted by Gasteiger charge is -2.07. The van der Waals surface area contributed by atoms with Crippen molar-refractivity contribution in [2.75, 3.05) is 0 Å². The van der Waals surface area contributed by atoms with Crippen LogP contribution in [0.4, 0.5) is 0 Å². The van der Waals surface area contributed by atoms with Crippen molar-refractivity contribution >= 4 is 0 Å². The molecule has 3 rings (SSSR count). The summed E-state index contributed by atoms with van der Waals surface area (Å²) in [4.78, 5) is 8.98. The Kier molecular flexibility index (Phi) is 5.56. The quantitative estimate of drug-likeness (QED) is 0.714. The highest BCUT2D eigenvalue weighted by Crippen LogP contribution is 2.23. The van der Waals surface area contributed by atoms with Crippen molar-refractivity contribution in [2.24, 2.45) is 0 Å². The molecule has 25 heavy (non-hydrogen) atoms. The fourth-order valence-electron chi connectivity index (χ4n) is 2.70. The minimum atomic E-state index is -0.367. The molecule has 1 atom stereocenters. The number of aliphatic hydroxyl groups excluding tert-OH is 1. The lowest BCUT2D eigenvalue weighted by molar-refractivity contribution is 0.145.